The second-order valence-electron chi connectivity index (χ2n) is 18.5. The van der Waals surface area contributed by atoms with Crippen LogP contribution in [0.25, 0.3) is 0 Å². The summed E-state index contributed by atoms with van der Waals surface area (Å²) in [5, 5.41) is 84.2. The monoisotopic (exact) mass is 714 g/mol. The van der Waals surface area contributed by atoms with E-state index in [1.165, 1.54) is 0 Å². The lowest BCUT2D eigenvalue weighted by Gasteiger charge is -2.69. The normalized spacial score (nSPS) is 59.2. The van der Waals surface area contributed by atoms with Crippen molar-refractivity contribution in [2.45, 2.75) is 166 Å². The van der Waals surface area contributed by atoms with Gasteiger partial charge in [-0.05, 0) is 89.8 Å². The highest BCUT2D eigenvalue weighted by atomic mass is 16.7. The molecule has 50 heavy (non-hydrogen) atoms. The molecular weight excluding hydrogens is 652 g/mol. The van der Waals surface area contributed by atoms with E-state index in [4.69, 9.17) is 23.7 Å². The van der Waals surface area contributed by atoms with E-state index < -0.39 is 79.7 Å². The maximum absolute atomic E-state index is 11.2. The van der Waals surface area contributed by atoms with Crippen LogP contribution in [0.3, 0.4) is 0 Å². The van der Waals surface area contributed by atoms with Crippen molar-refractivity contribution < 1.29 is 64.5 Å². The molecule has 7 aliphatic rings. The molecule has 21 atom stereocenters. The van der Waals surface area contributed by atoms with Gasteiger partial charge in [0.05, 0.1) is 31.5 Å². The zero-order chi connectivity index (χ0) is 36.3. The lowest BCUT2D eigenvalue weighted by molar-refractivity contribution is -0.342. The van der Waals surface area contributed by atoms with Crippen LogP contribution in [-0.2, 0) is 23.7 Å². The van der Waals surface area contributed by atoms with Gasteiger partial charge in [0.15, 0.2) is 18.9 Å². The Labute approximate surface area is 295 Å². The van der Waals surface area contributed by atoms with E-state index >= 15 is 0 Å². The van der Waals surface area contributed by atoms with Crippen molar-refractivity contribution in [1.29, 1.82) is 0 Å². The van der Waals surface area contributed by atoms with Crippen molar-refractivity contribution in [3.63, 3.8) is 0 Å². The molecule has 7 rings (SSSR count). The highest BCUT2D eigenvalue weighted by Crippen LogP contribution is 2.76. The van der Waals surface area contributed by atoms with Gasteiger partial charge < -0.3 is 64.5 Å². The van der Waals surface area contributed by atoms with Gasteiger partial charge in [0.25, 0.3) is 0 Å². The predicted molar refractivity (Wildman–Crippen MR) is 176 cm³/mol. The topological polar surface area (TPSA) is 208 Å². The number of fused-ring (bicyclic) bond motifs is 7. The summed E-state index contributed by atoms with van der Waals surface area (Å²) in [5.74, 6) is 0.763. The summed E-state index contributed by atoms with van der Waals surface area (Å²) in [6, 6.07) is 0. The number of hydrogen-bond acceptors (Lipinski definition) is 13. The Morgan fingerprint density at radius 1 is 0.720 bits per heavy atom. The largest absolute Gasteiger partial charge is 0.394 e. The molecule has 0 aromatic heterocycles. The summed E-state index contributed by atoms with van der Waals surface area (Å²) in [7, 11) is 0. The van der Waals surface area contributed by atoms with Crippen LogP contribution in [0.1, 0.15) is 86.5 Å². The van der Waals surface area contributed by atoms with Crippen molar-refractivity contribution >= 4 is 0 Å². The van der Waals surface area contributed by atoms with Crippen LogP contribution in [0.15, 0.2) is 0 Å². The summed E-state index contributed by atoms with van der Waals surface area (Å²) in [5.41, 5.74) is -1.000. The van der Waals surface area contributed by atoms with Crippen molar-refractivity contribution in [1.82, 2.24) is 0 Å². The second kappa shape index (κ2) is 13.1. The fraction of sp³-hybridized carbons (Fsp3) is 1.00. The number of aliphatic hydroxyl groups excluding tert-OH is 8. The molecule has 7 fully saturated rings. The lowest BCUT2D eigenvalue weighted by atomic mass is 9.37. The van der Waals surface area contributed by atoms with Crippen molar-refractivity contribution in [3.8, 4) is 0 Å². The standard InChI is InChI=1S/C37H62O13/c1-16-11-24(40)47-20-13-37(6)26-17(7-10-36(37,5)25(16)20)35(4)9-8-23(50-32-30(44)27(41)18(39)15-46-32)34(2,3)22(35)12-19(26)48-33-31(45)29(43)28(42)21(14-38)49-33/h16-33,38-45H,7-15H2,1-6H3/t16-,17-,18-,19-,20-,21+,22-,23+,24-,25+,26-,27-,28+,29-,30+,31+,32+,33+,35+,36+,37-/m1/s1. The van der Waals surface area contributed by atoms with Crippen molar-refractivity contribution in [3.05, 3.63) is 0 Å². The fourth-order valence-electron chi connectivity index (χ4n) is 13.1. The van der Waals surface area contributed by atoms with Crippen LogP contribution in [0.2, 0.25) is 0 Å². The molecule has 3 saturated heterocycles. The van der Waals surface area contributed by atoms with Crippen molar-refractivity contribution in [2.75, 3.05) is 13.2 Å². The van der Waals surface area contributed by atoms with Gasteiger partial charge in [0.2, 0.25) is 0 Å². The first-order chi connectivity index (χ1) is 23.4. The minimum atomic E-state index is -1.56. The highest BCUT2D eigenvalue weighted by molar-refractivity contribution is 5.21. The minimum absolute atomic E-state index is 0.00168. The van der Waals surface area contributed by atoms with Gasteiger partial charge in [-0.3, -0.25) is 0 Å². The Bertz CT molecular complexity index is 1240. The summed E-state index contributed by atoms with van der Waals surface area (Å²) >= 11 is 0. The van der Waals surface area contributed by atoms with Crippen LogP contribution in [0.4, 0.5) is 0 Å². The van der Waals surface area contributed by atoms with E-state index in [0.29, 0.717) is 19.3 Å². The third-order valence-corrected chi connectivity index (χ3v) is 15.8. The van der Waals surface area contributed by atoms with Crippen molar-refractivity contribution in [2.24, 2.45) is 51.2 Å². The van der Waals surface area contributed by atoms with Crippen LogP contribution in [-0.4, -0.2) is 134 Å². The molecule has 0 aromatic carbocycles. The number of aliphatic hydroxyl groups is 8. The molecule has 0 unspecified atom stereocenters. The molecule has 3 aliphatic heterocycles. The molecule has 13 heteroatoms. The van der Waals surface area contributed by atoms with Gasteiger partial charge in [0.1, 0.15) is 42.7 Å². The smallest absolute Gasteiger partial charge is 0.186 e. The second-order valence-corrected chi connectivity index (χ2v) is 18.5. The van der Waals surface area contributed by atoms with E-state index in [2.05, 4.69) is 41.5 Å². The SMILES string of the molecule is C[C@@H]1C[C@H](O)O[C@@H]2C[C@]3(C)[C@@H]4[C@@H](CC[C@@]3(C)[C@@H]12)[C@]1(C)CC[C@H](O[C@@H]2OC[C@@H](O)[C@@H](O)[C@@H]2O)C(C)(C)[C@H]1C[C@H]4O[C@H]1O[C@@H](CO)[C@H](O)[C@@H](O)[C@@H]1O. The van der Waals surface area contributed by atoms with E-state index in [1.807, 2.05) is 0 Å². The number of rotatable bonds is 5. The van der Waals surface area contributed by atoms with Crippen LogP contribution < -0.4 is 0 Å². The first-order valence-electron chi connectivity index (χ1n) is 19.0. The average molecular weight is 715 g/mol. The van der Waals surface area contributed by atoms with E-state index in [0.717, 1.165) is 25.7 Å². The third-order valence-electron chi connectivity index (χ3n) is 15.8. The van der Waals surface area contributed by atoms with Gasteiger partial charge in [-0.25, -0.2) is 0 Å². The maximum Gasteiger partial charge on any atom is 0.186 e. The van der Waals surface area contributed by atoms with Gasteiger partial charge in [-0.15, -0.1) is 0 Å². The molecule has 4 aliphatic carbocycles. The Hall–Kier alpha value is -0.520. The minimum Gasteiger partial charge on any atom is -0.394 e. The molecule has 8 N–H and O–H groups in total. The van der Waals surface area contributed by atoms with Gasteiger partial charge in [0, 0.05) is 6.42 Å². The number of ether oxygens (including phenoxy) is 5. The molecule has 4 saturated carbocycles. The third kappa shape index (κ3) is 5.51. The van der Waals surface area contributed by atoms with Gasteiger partial charge >= 0.3 is 0 Å². The Kier molecular flexibility index (Phi) is 9.87. The molecule has 0 aromatic rings. The summed E-state index contributed by atoms with van der Waals surface area (Å²) in [4.78, 5) is 0. The quantitative estimate of drug-likeness (QED) is 0.184. The Balaban J connectivity index is 1.25. The van der Waals surface area contributed by atoms with Gasteiger partial charge in [-0.2, -0.15) is 0 Å². The average Bonchev–Trinajstić information content (AvgIpc) is 3.29. The number of hydrogen-bond donors (Lipinski definition) is 8. The summed E-state index contributed by atoms with van der Waals surface area (Å²) in [6.07, 6.45) is -8.30. The fourth-order valence-corrected chi connectivity index (χ4v) is 13.1. The van der Waals surface area contributed by atoms with E-state index in [-0.39, 0.29) is 64.6 Å². The highest BCUT2D eigenvalue weighted by Gasteiger charge is 2.73. The summed E-state index contributed by atoms with van der Waals surface area (Å²) in [6.45, 7) is 13.0. The molecular formula is C37H62O13. The zero-order valence-electron chi connectivity index (χ0n) is 30.4. The predicted octanol–water partition coefficient (Wildman–Crippen LogP) is 0.644. The molecule has 0 bridgehead atoms. The zero-order valence-corrected chi connectivity index (χ0v) is 30.4. The molecule has 0 amide bonds. The molecule has 288 valence electrons. The molecule has 13 nitrogen and oxygen atoms in total. The Morgan fingerprint density at radius 2 is 1.42 bits per heavy atom. The van der Waals surface area contributed by atoms with E-state index in [9.17, 15) is 40.9 Å². The first kappa shape index (κ1) is 37.8. The first-order valence-corrected chi connectivity index (χ1v) is 19.0. The van der Waals surface area contributed by atoms with Crippen LogP contribution >= 0.6 is 0 Å². The Morgan fingerprint density at radius 3 is 2.12 bits per heavy atom. The van der Waals surface area contributed by atoms with Crippen LogP contribution in [0.5, 0.6) is 0 Å². The maximum atomic E-state index is 11.2. The molecule has 3 heterocycles. The lowest BCUT2D eigenvalue weighted by Crippen LogP contribution is -2.67. The summed E-state index contributed by atoms with van der Waals surface area (Å²) < 4.78 is 31.3. The van der Waals surface area contributed by atoms with Gasteiger partial charge in [-0.1, -0.05) is 41.5 Å². The molecule has 0 radical (unpaired) electrons. The van der Waals surface area contributed by atoms with Crippen LogP contribution in [0, 0.1) is 51.2 Å². The molecule has 0 spiro atoms. The van der Waals surface area contributed by atoms with E-state index in [1.54, 1.807) is 0 Å².